The van der Waals surface area contributed by atoms with E-state index in [0.717, 1.165) is 53.4 Å². The van der Waals surface area contributed by atoms with Gasteiger partial charge in [-0.2, -0.15) is 0 Å². The molecular formula is C34H26N6O4. The predicted molar refractivity (Wildman–Crippen MR) is 157 cm³/mol. The fourth-order valence-electron chi connectivity index (χ4n) is 5.61. The second-order valence-electron chi connectivity index (χ2n) is 10.4. The average molecular weight is 583 g/mol. The number of aromatic nitrogens is 6. The zero-order chi connectivity index (χ0) is 30.2. The van der Waals surface area contributed by atoms with Gasteiger partial charge in [0.15, 0.2) is 0 Å². The van der Waals surface area contributed by atoms with Gasteiger partial charge in [0, 0.05) is 20.9 Å². The summed E-state index contributed by atoms with van der Waals surface area (Å²) in [4.78, 5) is 23.9. The number of ether oxygens (including phenoxy) is 2. The molecule has 0 amide bonds. The van der Waals surface area contributed by atoms with E-state index in [1.54, 1.807) is 24.3 Å². The molecule has 0 unspecified atom stereocenters. The Bertz CT molecular complexity index is 2280. The van der Waals surface area contributed by atoms with Gasteiger partial charge in [0.1, 0.15) is 10.7 Å². The fraction of sp³-hybridized carbons (Fsp3) is 0.118. The van der Waals surface area contributed by atoms with E-state index in [9.17, 15) is 9.59 Å². The van der Waals surface area contributed by atoms with Crippen LogP contribution in [0, 0.1) is 42.3 Å². The average Bonchev–Trinajstić information content (AvgIpc) is 3.67. The van der Waals surface area contributed by atoms with Crippen molar-refractivity contribution in [2.75, 3.05) is 14.2 Å². The summed E-state index contributed by atoms with van der Waals surface area (Å²) in [6.45, 7) is 0.892. The third-order valence-corrected chi connectivity index (χ3v) is 7.76. The number of carbonyl (C=O) groups is 2. The van der Waals surface area contributed by atoms with Crippen LogP contribution in [0.2, 0.25) is 0 Å². The van der Waals surface area contributed by atoms with Crippen molar-refractivity contribution < 1.29 is 19.1 Å². The first-order chi connectivity index (χ1) is 21.6. The van der Waals surface area contributed by atoms with Crippen molar-refractivity contribution in [1.29, 1.82) is 0 Å². The minimum Gasteiger partial charge on any atom is -0.465 e. The number of benzene rings is 4. The van der Waals surface area contributed by atoms with Crippen molar-refractivity contribution >= 4 is 11.9 Å². The van der Waals surface area contributed by atoms with Crippen LogP contribution in [0.3, 0.4) is 0 Å². The number of esters is 2. The lowest BCUT2D eigenvalue weighted by molar-refractivity contribution is 0.0592. The first-order valence-corrected chi connectivity index (χ1v) is 14.0. The molecule has 7 rings (SSSR count). The number of fused-ring (bicyclic) bond motifs is 4. The van der Waals surface area contributed by atoms with Gasteiger partial charge in [-0.1, -0.05) is 83.2 Å². The predicted octanol–water partition coefficient (Wildman–Crippen LogP) is 4.00. The van der Waals surface area contributed by atoms with E-state index in [0.29, 0.717) is 24.2 Å². The Morgan fingerprint density at radius 1 is 0.545 bits per heavy atom. The van der Waals surface area contributed by atoms with E-state index < -0.39 is 0 Å². The molecule has 10 heteroatoms. The number of rotatable bonds is 6. The van der Waals surface area contributed by atoms with Gasteiger partial charge < -0.3 is 9.47 Å². The molecule has 6 aromatic rings. The monoisotopic (exact) mass is 582 g/mol. The molecule has 0 spiro atoms. The van der Waals surface area contributed by atoms with Crippen molar-refractivity contribution in [2.45, 2.75) is 13.1 Å². The van der Waals surface area contributed by atoms with E-state index in [1.165, 1.54) is 14.2 Å². The van der Waals surface area contributed by atoms with Crippen LogP contribution in [0.5, 0.6) is 0 Å². The van der Waals surface area contributed by atoms with Crippen LogP contribution in [0.4, 0.5) is 0 Å². The van der Waals surface area contributed by atoms with Gasteiger partial charge in [0.2, 0.25) is 0 Å². The molecule has 0 saturated heterocycles. The molecule has 10 nitrogen and oxygen atoms in total. The van der Waals surface area contributed by atoms with E-state index in [2.05, 4.69) is 22.6 Å². The second-order valence-corrected chi connectivity index (χ2v) is 10.4. The largest absolute Gasteiger partial charge is 0.465 e. The van der Waals surface area contributed by atoms with Crippen LogP contribution in [0.25, 0.3) is 0 Å². The summed E-state index contributed by atoms with van der Waals surface area (Å²) in [7, 11) is 2.74. The zero-order valence-corrected chi connectivity index (χ0v) is 24.0. The van der Waals surface area contributed by atoms with Crippen LogP contribution in [0.15, 0.2) is 97.1 Å². The molecule has 2 aromatic heterocycles. The number of carbonyl (C=O) groups excluding carboxylic acids is 2. The van der Waals surface area contributed by atoms with Gasteiger partial charge in [0.25, 0.3) is 0 Å². The smallest absolute Gasteiger partial charge is 0.337 e. The standard InChI is InChI=1S/C34H26N6O4/c1-43-33(41)23-15-11-21(12-16-23)19-39-31-27-9-5-3-7-25(27)30-32(28-10-6-4-8-26(28)29(31)35-37-39)40(38-36-30)20-22-13-17-24(18-14-22)34(42)44-2/h3-18H,19-20H2,1-2H3/b29-26+,30-25+,31-27+,32-28+. The van der Waals surface area contributed by atoms with Crippen LogP contribution < -0.4 is 0 Å². The zero-order valence-electron chi connectivity index (χ0n) is 24.0. The van der Waals surface area contributed by atoms with Crippen LogP contribution >= 0.6 is 0 Å². The lowest BCUT2D eigenvalue weighted by atomic mass is 10.1. The van der Waals surface area contributed by atoms with Crippen LogP contribution in [-0.2, 0) is 22.6 Å². The van der Waals surface area contributed by atoms with Gasteiger partial charge in [-0.05, 0) is 35.4 Å². The molecule has 0 bridgehead atoms. The van der Waals surface area contributed by atoms with E-state index in [4.69, 9.17) is 19.7 Å². The van der Waals surface area contributed by atoms with E-state index >= 15 is 0 Å². The Labute approximate surface area is 249 Å². The quantitative estimate of drug-likeness (QED) is 0.271. The molecule has 2 heterocycles. The summed E-state index contributed by atoms with van der Waals surface area (Å²) >= 11 is 0. The maximum absolute atomic E-state index is 11.9. The lowest BCUT2D eigenvalue weighted by Gasteiger charge is -2.05. The fourth-order valence-corrected chi connectivity index (χ4v) is 5.61. The summed E-state index contributed by atoms with van der Waals surface area (Å²) in [6, 6.07) is 30.7. The normalized spacial score (nSPS) is 14.6. The van der Waals surface area contributed by atoms with E-state index in [-0.39, 0.29) is 11.9 Å². The third kappa shape index (κ3) is 4.62. The molecule has 0 N–H and O–H groups in total. The molecule has 1 aliphatic carbocycles. The highest BCUT2D eigenvalue weighted by Gasteiger charge is 2.12. The summed E-state index contributed by atoms with van der Waals surface area (Å²) in [5, 5.41) is 25.5. The minimum absolute atomic E-state index is 0.380. The van der Waals surface area contributed by atoms with Crippen molar-refractivity contribution in [1.82, 2.24) is 30.0 Å². The molecule has 0 atom stereocenters. The van der Waals surface area contributed by atoms with Gasteiger partial charge >= 0.3 is 11.9 Å². The summed E-state index contributed by atoms with van der Waals surface area (Å²) < 4.78 is 13.4. The Hall–Kier alpha value is -5.90. The lowest BCUT2D eigenvalue weighted by Crippen LogP contribution is -2.06. The highest BCUT2D eigenvalue weighted by atomic mass is 16.5. The van der Waals surface area contributed by atoms with Gasteiger partial charge in [-0.15, -0.1) is 10.2 Å². The minimum atomic E-state index is -0.380. The van der Waals surface area contributed by atoms with Crippen molar-refractivity contribution in [3.63, 3.8) is 0 Å². The van der Waals surface area contributed by atoms with E-state index in [1.807, 2.05) is 70.0 Å². The summed E-state index contributed by atoms with van der Waals surface area (Å²) in [5.41, 5.74) is 2.89. The highest BCUT2D eigenvalue weighted by Crippen LogP contribution is 2.14. The molecule has 1 aliphatic rings. The third-order valence-electron chi connectivity index (χ3n) is 7.76. The molecular weight excluding hydrogens is 556 g/mol. The van der Waals surface area contributed by atoms with Crippen LogP contribution in [0.1, 0.15) is 31.8 Å². The number of hydrogen-bond acceptors (Lipinski definition) is 8. The molecule has 0 aliphatic heterocycles. The Morgan fingerprint density at radius 2 is 0.909 bits per heavy atom. The van der Waals surface area contributed by atoms with Gasteiger partial charge in [-0.3, -0.25) is 0 Å². The Kier molecular flexibility index (Phi) is 6.78. The molecule has 4 aromatic carbocycles. The maximum Gasteiger partial charge on any atom is 0.337 e. The Morgan fingerprint density at radius 3 is 1.27 bits per heavy atom. The molecule has 44 heavy (non-hydrogen) atoms. The summed E-state index contributed by atoms with van der Waals surface area (Å²) in [5.74, 6) is -0.759. The molecule has 0 saturated carbocycles. The first kappa shape index (κ1) is 27.0. The maximum atomic E-state index is 11.9. The number of hydrogen-bond donors (Lipinski definition) is 0. The molecule has 0 radical (unpaired) electrons. The second kappa shape index (κ2) is 11.1. The highest BCUT2D eigenvalue weighted by molar-refractivity contribution is 5.89. The Balaban J connectivity index is 1.49. The number of methoxy groups -OCH3 is 2. The molecule has 216 valence electrons. The van der Waals surface area contributed by atoms with Gasteiger partial charge in [-0.25, -0.2) is 19.0 Å². The van der Waals surface area contributed by atoms with Gasteiger partial charge in [0.05, 0.1) is 49.1 Å². The van der Waals surface area contributed by atoms with Crippen molar-refractivity contribution in [3.8, 4) is 0 Å². The number of nitrogens with zero attached hydrogens (tertiary/aromatic N) is 6. The molecule has 0 fully saturated rings. The van der Waals surface area contributed by atoms with Crippen LogP contribution in [-0.4, -0.2) is 56.1 Å². The van der Waals surface area contributed by atoms with Crippen molar-refractivity contribution in [3.05, 3.63) is 162 Å². The van der Waals surface area contributed by atoms with Crippen molar-refractivity contribution in [2.24, 2.45) is 0 Å². The first-order valence-electron chi connectivity index (χ1n) is 14.0. The SMILES string of the molecule is COC(=O)c1ccc(Cn2nnc3/c2=c2/cccc/c2=c2\nnn(Cc4ccc(C(=O)OC)cc4)\c2=c2/cccc/c2=3)cc1. The summed E-state index contributed by atoms with van der Waals surface area (Å²) in [6.07, 6.45) is 0. The topological polar surface area (TPSA) is 114 Å².